The molecule has 3 amide bonds. The zero-order chi connectivity index (χ0) is 32.8. The number of benzene rings is 3. The van der Waals surface area contributed by atoms with Crippen LogP contribution in [-0.2, 0) is 26.5 Å². The van der Waals surface area contributed by atoms with Crippen molar-refractivity contribution in [1.29, 1.82) is 0 Å². The zero-order valence-corrected chi connectivity index (χ0v) is 27.4. The summed E-state index contributed by atoms with van der Waals surface area (Å²) in [5, 5.41) is 12.7. The number of aliphatic hydroxyl groups is 1. The Morgan fingerprint density at radius 2 is 1.85 bits per heavy atom. The number of fused-ring (bicyclic) bond motifs is 2. The Labute approximate surface area is 269 Å². The third kappa shape index (κ3) is 5.60. The summed E-state index contributed by atoms with van der Waals surface area (Å²) >= 11 is 0. The minimum absolute atomic E-state index is 0.0429. The molecule has 0 radical (unpaired) electrons. The number of ether oxygens (including phenoxy) is 1. The molecular formula is C35H41FN4O5Si. The van der Waals surface area contributed by atoms with E-state index in [9.17, 15) is 19.5 Å². The molecule has 0 saturated carbocycles. The van der Waals surface area contributed by atoms with E-state index in [1.54, 1.807) is 53.2 Å². The fourth-order valence-corrected chi connectivity index (χ4v) is 10.3. The lowest BCUT2D eigenvalue weighted by atomic mass is 9.82. The fraction of sp³-hybridized carbons (Fsp3) is 0.400. The van der Waals surface area contributed by atoms with Crippen LogP contribution in [0.25, 0.3) is 0 Å². The maximum Gasteiger partial charge on any atom is 0.264 e. The van der Waals surface area contributed by atoms with Gasteiger partial charge in [0.25, 0.3) is 11.8 Å². The highest BCUT2D eigenvalue weighted by Gasteiger charge is 2.67. The molecule has 9 nitrogen and oxygen atoms in total. The number of para-hydroxylation sites is 1. The van der Waals surface area contributed by atoms with Crippen molar-refractivity contribution in [3.8, 4) is 0 Å². The molecule has 6 rings (SSSR count). The smallest absolute Gasteiger partial charge is 0.264 e. The van der Waals surface area contributed by atoms with Crippen LogP contribution in [0.3, 0.4) is 0 Å². The number of halogens is 1. The molecule has 3 heterocycles. The number of nitrogens with one attached hydrogen (secondary N) is 1. The number of carbonyl (C=O) groups excluding carboxylic acids is 3. The first-order valence-electron chi connectivity index (χ1n) is 15.9. The Morgan fingerprint density at radius 3 is 2.57 bits per heavy atom. The second kappa shape index (κ2) is 12.3. The van der Waals surface area contributed by atoms with E-state index in [0.717, 1.165) is 18.4 Å². The molecule has 3 aromatic carbocycles. The second-order valence-corrected chi connectivity index (χ2v) is 17.0. The van der Waals surface area contributed by atoms with Crippen LogP contribution in [0.1, 0.15) is 47.7 Å². The number of rotatable bonds is 8. The second-order valence-electron chi connectivity index (χ2n) is 13.2. The molecule has 2 saturated heterocycles. The SMILES string of the molecule is C[C@H]1[C@H]([Si](C)(C)F)[C@@H](CC(=O)N2CCC[C@H]2CO)O[C@]12C(=O)N(Cc1cccc(NC(=O)c3ccc(N)cc3)c1)c1ccccc12. The normalized spacial score (nSPS) is 25.7. The van der Waals surface area contributed by atoms with Crippen LogP contribution in [0.2, 0.25) is 18.6 Å². The van der Waals surface area contributed by atoms with Crippen molar-refractivity contribution in [2.24, 2.45) is 5.92 Å². The van der Waals surface area contributed by atoms with E-state index >= 15 is 4.11 Å². The number of nitrogens with zero attached hydrogens (tertiary/aromatic N) is 2. The van der Waals surface area contributed by atoms with E-state index in [0.29, 0.717) is 34.7 Å². The van der Waals surface area contributed by atoms with Gasteiger partial charge in [0.2, 0.25) is 14.3 Å². The summed E-state index contributed by atoms with van der Waals surface area (Å²) in [5.74, 6) is -1.27. The van der Waals surface area contributed by atoms with Crippen molar-refractivity contribution in [2.75, 3.05) is 29.1 Å². The van der Waals surface area contributed by atoms with Gasteiger partial charge in [-0.1, -0.05) is 37.3 Å². The molecule has 5 atom stereocenters. The lowest BCUT2D eigenvalue weighted by Crippen LogP contribution is -2.45. The van der Waals surface area contributed by atoms with Crippen molar-refractivity contribution < 1.29 is 28.3 Å². The van der Waals surface area contributed by atoms with Crippen LogP contribution < -0.4 is 16.0 Å². The lowest BCUT2D eigenvalue weighted by molar-refractivity contribution is -0.150. The molecule has 242 valence electrons. The van der Waals surface area contributed by atoms with Gasteiger partial charge in [-0.2, -0.15) is 0 Å². The van der Waals surface area contributed by atoms with Crippen LogP contribution in [0.5, 0.6) is 0 Å². The number of hydrogen-bond donors (Lipinski definition) is 3. The van der Waals surface area contributed by atoms with E-state index in [2.05, 4.69) is 5.32 Å². The number of carbonyl (C=O) groups is 3. The lowest BCUT2D eigenvalue weighted by Gasteiger charge is -2.31. The predicted octanol–water partition coefficient (Wildman–Crippen LogP) is 5.22. The molecular weight excluding hydrogens is 603 g/mol. The van der Waals surface area contributed by atoms with Crippen LogP contribution in [0, 0.1) is 5.92 Å². The van der Waals surface area contributed by atoms with E-state index in [1.807, 2.05) is 49.4 Å². The van der Waals surface area contributed by atoms with Gasteiger partial charge in [-0.05, 0) is 74.0 Å². The van der Waals surface area contributed by atoms with Gasteiger partial charge >= 0.3 is 0 Å². The highest BCUT2D eigenvalue weighted by atomic mass is 28.4. The molecule has 0 unspecified atom stereocenters. The summed E-state index contributed by atoms with van der Waals surface area (Å²) in [7, 11) is -3.44. The maximum absolute atomic E-state index is 16.2. The van der Waals surface area contributed by atoms with E-state index in [1.165, 1.54) is 0 Å². The monoisotopic (exact) mass is 644 g/mol. The number of amides is 3. The average molecular weight is 645 g/mol. The summed E-state index contributed by atoms with van der Waals surface area (Å²) in [6.45, 7) is 5.75. The van der Waals surface area contributed by atoms with Crippen LogP contribution in [0.4, 0.5) is 21.2 Å². The molecule has 11 heteroatoms. The number of aliphatic hydroxyl groups excluding tert-OH is 1. The molecule has 0 bridgehead atoms. The summed E-state index contributed by atoms with van der Waals surface area (Å²) in [4.78, 5) is 44.3. The highest BCUT2D eigenvalue weighted by molar-refractivity contribution is 6.72. The first-order chi connectivity index (χ1) is 21.9. The number of likely N-dealkylation sites (tertiary alicyclic amines) is 1. The van der Waals surface area contributed by atoms with Gasteiger partial charge in [0.1, 0.15) is 0 Å². The Kier molecular flexibility index (Phi) is 8.51. The molecule has 4 N–H and O–H groups in total. The Bertz CT molecular complexity index is 1650. The van der Waals surface area contributed by atoms with Gasteiger partial charge in [-0.3, -0.25) is 14.4 Å². The standard InChI is InChI=1S/C35H41FN4O5Si/c1-22-32(46(2,3)36)30(19-31(42)39-17-7-10-27(39)21-41)45-35(22)28-11-4-5-12-29(28)40(34(35)44)20-23-8-6-9-26(18-23)38-33(43)24-13-15-25(37)16-14-24/h4-6,8-9,11-16,18,22,27,30,32,41H,7,10,17,19-21,37H2,1-3H3,(H,38,43)/t22-,27-,30+,32-,35+/m0/s1. The van der Waals surface area contributed by atoms with Gasteiger partial charge in [-0.25, -0.2) is 0 Å². The molecule has 0 aliphatic carbocycles. The third-order valence-corrected chi connectivity index (χ3v) is 12.3. The summed E-state index contributed by atoms with van der Waals surface area (Å²) in [6.07, 6.45) is 0.716. The average Bonchev–Trinajstić information content (AvgIpc) is 3.68. The number of nitrogen functional groups attached to an aromatic ring is 1. The quantitative estimate of drug-likeness (QED) is 0.176. The third-order valence-electron chi connectivity index (χ3n) is 9.85. The van der Waals surface area contributed by atoms with Crippen molar-refractivity contribution in [2.45, 2.75) is 69.1 Å². The molecule has 3 aromatic rings. The summed E-state index contributed by atoms with van der Waals surface area (Å²) in [5.41, 5.74) is 7.46. The number of anilines is 3. The van der Waals surface area contributed by atoms with Crippen molar-refractivity contribution in [3.05, 3.63) is 89.5 Å². The van der Waals surface area contributed by atoms with E-state index in [4.69, 9.17) is 10.5 Å². The number of nitrogens with two attached hydrogens (primary N) is 1. The largest absolute Gasteiger partial charge is 0.399 e. The molecule has 2 fully saturated rings. The van der Waals surface area contributed by atoms with E-state index in [-0.39, 0.29) is 43.3 Å². The predicted molar refractivity (Wildman–Crippen MR) is 177 cm³/mol. The van der Waals surface area contributed by atoms with Crippen LogP contribution >= 0.6 is 0 Å². The molecule has 0 aromatic heterocycles. The minimum atomic E-state index is -3.44. The topological polar surface area (TPSA) is 125 Å². The Hall–Kier alpha value is -4.06. The van der Waals surface area contributed by atoms with Gasteiger partial charge in [0.15, 0.2) is 5.60 Å². The van der Waals surface area contributed by atoms with E-state index < -0.39 is 31.6 Å². The summed E-state index contributed by atoms with van der Waals surface area (Å²) < 4.78 is 22.9. The molecule has 3 aliphatic heterocycles. The minimum Gasteiger partial charge on any atom is -0.399 e. The zero-order valence-electron chi connectivity index (χ0n) is 26.4. The fourth-order valence-electron chi connectivity index (χ4n) is 7.77. The van der Waals surface area contributed by atoms with Crippen molar-refractivity contribution in [1.82, 2.24) is 4.90 Å². The molecule has 3 aliphatic rings. The maximum atomic E-state index is 16.2. The summed E-state index contributed by atoms with van der Waals surface area (Å²) in [6, 6.07) is 21.1. The van der Waals surface area contributed by atoms with Gasteiger partial charge in [0, 0.05) is 40.5 Å². The van der Waals surface area contributed by atoms with Crippen LogP contribution in [-0.4, -0.2) is 61.4 Å². The van der Waals surface area contributed by atoms with Crippen molar-refractivity contribution >= 4 is 43.2 Å². The number of hydrogen-bond acceptors (Lipinski definition) is 6. The Balaban J connectivity index is 1.28. The highest BCUT2D eigenvalue weighted by Crippen LogP contribution is 2.60. The Morgan fingerprint density at radius 1 is 1.11 bits per heavy atom. The first kappa shape index (κ1) is 31.9. The first-order valence-corrected chi connectivity index (χ1v) is 18.8. The van der Waals surface area contributed by atoms with Crippen molar-refractivity contribution in [3.63, 3.8) is 0 Å². The van der Waals surface area contributed by atoms with Crippen LogP contribution in [0.15, 0.2) is 72.8 Å². The molecule has 1 spiro atoms. The van der Waals surface area contributed by atoms with Gasteiger partial charge < -0.3 is 34.8 Å². The van der Waals surface area contributed by atoms with Gasteiger partial charge in [-0.15, -0.1) is 0 Å². The molecule has 46 heavy (non-hydrogen) atoms. The van der Waals surface area contributed by atoms with Gasteiger partial charge in [0.05, 0.1) is 37.4 Å².